The van der Waals surface area contributed by atoms with Gasteiger partial charge >= 0.3 is 0 Å². The smallest absolute Gasteiger partial charge is 0.230 e. The van der Waals surface area contributed by atoms with Gasteiger partial charge in [-0.15, -0.1) is 11.8 Å². The number of benzene rings is 1. The number of hydrogen-bond acceptors (Lipinski definition) is 5. The third-order valence-electron chi connectivity index (χ3n) is 5.09. The fourth-order valence-corrected chi connectivity index (χ4v) is 4.45. The van der Waals surface area contributed by atoms with Gasteiger partial charge in [0.25, 0.3) is 0 Å². The van der Waals surface area contributed by atoms with E-state index in [0.29, 0.717) is 12.3 Å². The maximum absolute atomic E-state index is 12.3. The van der Waals surface area contributed by atoms with Crippen LogP contribution in [0.3, 0.4) is 0 Å². The molecule has 1 N–H and O–H groups in total. The highest BCUT2D eigenvalue weighted by Gasteiger charge is 2.16. The summed E-state index contributed by atoms with van der Waals surface area (Å²) in [5.41, 5.74) is 3.97. The highest BCUT2D eigenvalue weighted by atomic mass is 32.2. The molecule has 1 aromatic heterocycles. The Balaban J connectivity index is 1.30. The fraction of sp³-hybridized carbons (Fsp3) is 0.429. The first kappa shape index (κ1) is 18.3. The average Bonchev–Trinajstić information content (AvgIpc) is 3.19. The summed E-state index contributed by atoms with van der Waals surface area (Å²) in [6, 6.07) is 10.6. The van der Waals surface area contributed by atoms with Gasteiger partial charge in [-0.1, -0.05) is 12.1 Å². The van der Waals surface area contributed by atoms with Gasteiger partial charge in [-0.05, 0) is 48.6 Å². The van der Waals surface area contributed by atoms with E-state index in [9.17, 15) is 4.79 Å². The first-order valence-corrected chi connectivity index (χ1v) is 10.6. The number of rotatable bonds is 6. The van der Waals surface area contributed by atoms with Crippen molar-refractivity contribution in [3.8, 4) is 0 Å². The van der Waals surface area contributed by atoms with Crippen LogP contribution in [0.1, 0.15) is 23.1 Å². The third-order valence-corrected chi connectivity index (χ3v) is 6.09. The Labute approximate surface area is 164 Å². The van der Waals surface area contributed by atoms with Gasteiger partial charge in [0.05, 0.1) is 19.0 Å². The molecule has 0 spiro atoms. The van der Waals surface area contributed by atoms with Crippen LogP contribution in [0.15, 0.2) is 41.4 Å². The molecule has 0 bridgehead atoms. The summed E-state index contributed by atoms with van der Waals surface area (Å²) >= 11 is 1.61. The second kappa shape index (κ2) is 8.76. The van der Waals surface area contributed by atoms with Crippen molar-refractivity contribution in [2.45, 2.75) is 30.7 Å². The van der Waals surface area contributed by atoms with Crippen molar-refractivity contribution in [3.05, 3.63) is 53.2 Å². The van der Waals surface area contributed by atoms with E-state index in [-0.39, 0.29) is 5.91 Å². The maximum Gasteiger partial charge on any atom is 0.230 e. The van der Waals surface area contributed by atoms with Crippen molar-refractivity contribution in [2.75, 3.05) is 37.0 Å². The zero-order chi connectivity index (χ0) is 18.5. The van der Waals surface area contributed by atoms with Crippen LogP contribution in [0, 0.1) is 0 Å². The van der Waals surface area contributed by atoms with Crippen LogP contribution in [-0.4, -0.2) is 42.9 Å². The summed E-state index contributed by atoms with van der Waals surface area (Å²) in [6.45, 7) is 3.63. The molecule has 142 valence electrons. The fourth-order valence-electron chi connectivity index (χ4n) is 3.66. The lowest BCUT2D eigenvalue weighted by Gasteiger charge is -2.29. The van der Waals surface area contributed by atoms with E-state index >= 15 is 0 Å². The summed E-state index contributed by atoms with van der Waals surface area (Å²) < 4.78 is 5.42. The SMILES string of the molecule is O=C(CSc1ccc2c(c1)CCC2)NCc1cccnc1N1CCOCC1. The van der Waals surface area contributed by atoms with Gasteiger partial charge in [0.2, 0.25) is 5.91 Å². The lowest BCUT2D eigenvalue weighted by molar-refractivity contribution is -0.118. The number of anilines is 1. The summed E-state index contributed by atoms with van der Waals surface area (Å²) in [6.07, 6.45) is 5.42. The van der Waals surface area contributed by atoms with Crippen LogP contribution in [0.4, 0.5) is 5.82 Å². The largest absolute Gasteiger partial charge is 0.378 e. The Kier molecular flexibility index (Phi) is 5.94. The normalized spacial score (nSPS) is 16.2. The van der Waals surface area contributed by atoms with Gasteiger partial charge in [0, 0.05) is 36.3 Å². The predicted molar refractivity (Wildman–Crippen MR) is 108 cm³/mol. The molecular weight excluding hydrogens is 358 g/mol. The number of aryl methyl sites for hydroxylation is 2. The van der Waals surface area contributed by atoms with Gasteiger partial charge in [0.15, 0.2) is 0 Å². The second-order valence-corrected chi connectivity index (χ2v) is 7.98. The number of nitrogens with one attached hydrogen (secondary N) is 1. The number of carbonyl (C=O) groups excluding carboxylic acids is 1. The van der Waals surface area contributed by atoms with E-state index in [2.05, 4.69) is 33.4 Å². The molecule has 1 aromatic carbocycles. The number of hydrogen-bond donors (Lipinski definition) is 1. The lowest BCUT2D eigenvalue weighted by atomic mass is 10.1. The molecule has 2 aliphatic rings. The molecule has 27 heavy (non-hydrogen) atoms. The van der Waals surface area contributed by atoms with Crippen LogP contribution in [-0.2, 0) is 28.9 Å². The number of nitrogens with zero attached hydrogens (tertiary/aromatic N) is 2. The van der Waals surface area contributed by atoms with Gasteiger partial charge in [-0.2, -0.15) is 0 Å². The zero-order valence-corrected chi connectivity index (χ0v) is 16.3. The summed E-state index contributed by atoms with van der Waals surface area (Å²) in [7, 11) is 0. The lowest BCUT2D eigenvalue weighted by Crippen LogP contribution is -2.38. The number of pyridine rings is 1. The summed E-state index contributed by atoms with van der Waals surface area (Å²) in [5.74, 6) is 1.44. The van der Waals surface area contributed by atoms with Crippen LogP contribution in [0.5, 0.6) is 0 Å². The molecule has 1 aliphatic heterocycles. The van der Waals surface area contributed by atoms with E-state index in [0.717, 1.165) is 37.7 Å². The number of thioether (sulfide) groups is 1. The summed E-state index contributed by atoms with van der Waals surface area (Å²) in [4.78, 5) is 20.3. The van der Waals surface area contributed by atoms with Gasteiger partial charge in [-0.25, -0.2) is 4.98 Å². The highest BCUT2D eigenvalue weighted by Crippen LogP contribution is 2.27. The quantitative estimate of drug-likeness (QED) is 0.778. The molecule has 1 aliphatic carbocycles. The third kappa shape index (κ3) is 4.62. The molecule has 0 atom stereocenters. The monoisotopic (exact) mass is 383 g/mol. The summed E-state index contributed by atoms with van der Waals surface area (Å²) in [5, 5.41) is 3.04. The van der Waals surface area contributed by atoms with E-state index in [1.807, 2.05) is 12.1 Å². The molecule has 1 saturated heterocycles. The molecule has 2 heterocycles. The molecule has 1 fully saturated rings. The number of amides is 1. The van der Waals surface area contributed by atoms with Crippen LogP contribution in [0.25, 0.3) is 0 Å². The minimum Gasteiger partial charge on any atom is -0.378 e. The van der Waals surface area contributed by atoms with Crippen LogP contribution in [0.2, 0.25) is 0 Å². The number of carbonyl (C=O) groups is 1. The molecule has 5 nitrogen and oxygen atoms in total. The number of ether oxygens (including phenoxy) is 1. The average molecular weight is 384 g/mol. The Hall–Kier alpha value is -2.05. The van der Waals surface area contributed by atoms with Crippen molar-refractivity contribution in [2.24, 2.45) is 0 Å². The van der Waals surface area contributed by atoms with Crippen molar-refractivity contribution < 1.29 is 9.53 Å². The standard InChI is InChI=1S/C21H25N3O2S/c25-20(15-27-19-7-6-16-3-1-4-17(16)13-19)23-14-18-5-2-8-22-21(18)24-9-11-26-12-10-24/h2,5-8,13H,1,3-4,9-12,14-15H2,(H,23,25). The van der Waals surface area contributed by atoms with Crippen molar-refractivity contribution in [1.29, 1.82) is 0 Å². The molecule has 0 radical (unpaired) electrons. The van der Waals surface area contributed by atoms with Crippen LogP contribution >= 0.6 is 11.8 Å². The van der Waals surface area contributed by atoms with Crippen LogP contribution < -0.4 is 10.2 Å². The molecule has 6 heteroatoms. The molecular formula is C21H25N3O2S. The van der Waals surface area contributed by atoms with Crippen molar-refractivity contribution >= 4 is 23.5 Å². The Morgan fingerprint density at radius 2 is 2.04 bits per heavy atom. The maximum atomic E-state index is 12.3. The van der Waals surface area contributed by atoms with Gasteiger partial charge in [-0.3, -0.25) is 4.79 Å². The van der Waals surface area contributed by atoms with E-state index in [1.165, 1.54) is 35.3 Å². The molecule has 1 amide bonds. The predicted octanol–water partition coefficient (Wildman–Crippen LogP) is 2.82. The molecule has 2 aromatic rings. The van der Waals surface area contributed by atoms with Gasteiger partial charge < -0.3 is 15.0 Å². The number of morpholine rings is 1. The van der Waals surface area contributed by atoms with E-state index in [4.69, 9.17) is 4.74 Å². The minimum atomic E-state index is 0.0530. The number of aromatic nitrogens is 1. The minimum absolute atomic E-state index is 0.0530. The molecule has 0 saturated carbocycles. The number of fused-ring (bicyclic) bond motifs is 1. The van der Waals surface area contributed by atoms with E-state index in [1.54, 1.807) is 18.0 Å². The Morgan fingerprint density at radius 1 is 1.19 bits per heavy atom. The van der Waals surface area contributed by atoms with E-state index < -0.39 is 0 Å². The second-order valence-electron chi connectivity index (χ2n) is 6.94. The highest BCUT2D eigenvalue weighted by molar-refractivity contribution is 8.00. The zero-order valence-electron chi connectivity index (χ0n) is 15.4. The van der Waals surface area contributed by atoms with Crippen molar-refractivity contribution in [3.63, 3.8) is 0 Å². The molecule has 4 rings (SSSR count). The topological polar surface area (TPSA) is 54.5 Å². The molecule has 0 unspecified atom stereocenters. The first-order valence-electron chi connectivity index (χ1n) is 9.57. The Bertz CT molecular complexity index is 806. The van der Waals surface area contributed by atoms with Crippen molar-refractivity contribution in [1.82, 2.24) is 10.3 Å². The van der Waals surface area contributed by atoms with Gasteiger partial charge in [0.1, 0.15) is 5.82 Å². The first-order chi connectivity index (χ1) is 13.3. The Morgan fingerprint density at radius 3 is 2.93 bits per heavy atom.